The van der Waals surface area contributed by atoms with Crippen LogP contribution in [0, 0.1) is 5.92 Å². The number of hydrogen-bond acceptors (Lipinski definition) is 2. The normalized spacial score (nSPS) is 15.3. The summed E-state index contributed by atoms with van der Waals surface area (Å²) in [6.07, 6.45) is 2.83. The first kappa shape index (κ1) is 10.5. The smallest absolute Gasteiger partial charge is 0.0366 e. The zero-order valence-electron chi connectivity index (χ0n) is 9.45. The largest absolute Gasteiger partial charge is 0.372 e. The van der Waals surface area contributed by atoms with Crippen molar-refractivity contribution >= 4 is 5.69 Å². The summed E-state index contributed by atoms with van der Waals surface area (Å²) in [4.78, 5) is 2.46. The molecule has 1 fully saturated rings. The quantitative estimate of drug-likeness (QED) is 0.798. The molecule has 0 bridgehead atoms. The molecule has 1 saturated carbocycles. The second-order valence-corrected chi connectivity index (χ2v) is 4.35. The molecule has 82 valence electrons. The highest BCUT2D eigenvalue weighted by molar-refractivity contribution is 5.47. The molecule has 2 rings (SSSR count). The molecule has 1 aromatic rings. The second-order valence-electron chi connectivity index (χ2n) is 4.35. The summed E-state index contributed by atoms with van der Waals surface area (Å²) in [6, 6.07) is 8.64. The van der Waals surface area contributed by atoms with Crippen molar-refractivity contribution in [3.05, 3.63) is 29.8 Å². The zero-order chi connectivity index (χ0) is 10.7. The first-order valence-corrected chi connectivity index (χ1v) is 5.87. The monoisotopic (exact) mass is 204 g/mol. The Kier molecular flexibility index (Phi) is 3.27. The third kappa shape index (κ3) is 2.72. The lowest BCUT2D eigenvalue weighted by atomic mass is 10.2. The molecular weight excluding hydrogens is 184 g/mol. The van der Waals surface area contributed by atoms with E-state index in [1.807, 2.05) is 0 Å². The SMILES string of the molecule is CCN(CC1CC1)c1ccc(CN)cc1. The van der Waals surface area contributed by atoms with Gasteiger partial charge in [-0.1, -0.05) is 12.1 Å². The minimum Gasteiger partial charge on any atom is -0.372 e. The fourth-order valence-corrected chi connectivity index (χ4v) is 1.87. The van der Waals surface area contributed by atoms with Crippen LogP contribution in [-0.2, 0) is 6.54 Å². The third-order valence-corrected chi connectivity index (χ3v) is 3.09. The van der Waals surface area contributed by atoms with Crippen LogP contribution in [0.15, 0.2) is 24.3 Å². The Morgan fingerprint density at radius 3 is 2.40 bits per heavy atom. The lowest BCUT2D eigenvalue weighted by Gasteiger charge is -2.23. The van der Waals surface area contributed by atoms with E-state index in [9.17, 15) is 0 Å². The Labute approximate surface area is 92.1 Å². The van der Waals surface area contributed by atoms with Crippen molar-refractivity contribution in [3.8, 4) is 0 Å². The summed E-state index contributed by atoms with van der Waals surface area (Å²) in [5.74, 6) is 0.944. The predicted octanol–water partition coefficient (Wildman–Crippen LogP) is 2.38. The van der Waals surface area contributed by atoms with Crippen molar-refractivity contribution < 1.29 is 0 Å². The first-order chi connectivity index (χ1) is 7.33. The molecular formula is C13H20N2. The van der Waals surface area contributed by atoms with Gasteiger partial charge in [-0.25, -0.2) is 0 Å². The maximum Gasteiger partial charge on any atom is 0.0366 e. The van der Waals surface area contributed by atoms with Gasteiger partial charge in [0.05, 0.1) is 0 Å². The second kappa shape index (κ2) is 4.67. The molecule has 0 atom stereocenters. The van der Waals surface area contributed by atoms with Crippen molar-refractivity contribution in [2.75, 3.05) is 18.0 Å². The molecule has 2 nitrogen and oxygen atoms in total. The van der Waals surface area contributed by atoms with Crippen LogP contribution in [0.3, 0.4) is 0 Å². The van der Waals surface area contributed by atoms with E-state index < -0.39 is 0 Å². The molecule has 15 heavy (non-hydrogen) atoms. The van der Waals surface area contributed by atoms with Crippen molar-refractivity contribution in [3.63, 3.8) is 0 Å². The van der Waals surface area contributed by atoms with Crippen LogP contribution < -0.4 is 10.6 Å². The number of rotatable bonds is 5. The van der Waals surface area contributed by atoms with Gasteiger partial charge in [-0.15, -0.1) is 0 Å². The molecule has 1 aromatic carbocycles. The molecule has 0 saturated heterocycles. The minimum atomic E-state index is 0.634. The zero-order valence-corrected chi connectivity index (χ0v) is 9.45. The molecule has 0 spiro atoms. The maximum atomic E-state index is 5.59. The van der Waals surface area contributed by atoms with Gasteiger partial charge in [0.1, 0.15) is 0 Å². The number of anilines is 1. The van der Waals surface area contributed by atoms with Crippen LogP contribution in [0.25, 0.3) is 0 Å². The summed E-state index contributed by atoms with van der Waals surface area (Å²) in [5.41, 5.74) is 8.13. The number of nitrogens with zero attached hydrogens (tertiary/aromatic N) is 1. The lowest BCUT2D eigenvalue weighted by molar-refractivity contribution is 0.742. The average Bonchev–Trinajstić information content (AvgIpc) is 3.10. The highest BCUT2D eigenvalue weighted by Crippen LogP contribution is 2.31. The van der Waals surface area contributed by atoms with E-state index in [4.69, 9.17) is 5.73 Å². The molecule has 2 heteroatoms. The van der Waals surface area contributed by atoms with Gasteiger partial charge >= 0.3 is 0 Å². The van der Waals surface area contributed by atoms with Gasteiger partial charge < -0.3 is 10.6 Å². The summed E-state index contributed by atoms with van der Waals surface area (Å²) < 4.78 is 0. The van der Waals surface area contributed by atoms with Crippen molar-refractivity contribution in [1.29, 1.82) is 0 Å². The molecule has 1 aliphatic carbocycles. The van der Waals surface area contributed by atoms with Crippen LogP contribution in [-0.4, -0.2) is 13.1 Å². The highest BCUT2D eigenvalue weighted by Gasteiger charge is 2.23. The van der Waals surface area contributed by atoms with Gasteiger partial charge in [-0.3, -0.25) is 0 Å². The first-order valence-electron chi connectivity index (χ1n) is 5.87. The molecule has 0 heterocycles. The Hall–Kier alpha value is -1.02. The van der Waals surface area contributed by atoms with E-state index in [1.165, 1.54) is 30.6 Å². The van der Waals surface area contributed by atoms with E-state index in [0.717, 1.165) is 12.5 Å². The molecule has 0 unspecified atom stereocenters. The van der Waals surface area contributed by atoms with E-state index in [1.54, 1.807) is 0 Å². The average molecular weight is 204 g/mol. The van der Waals surface area contributed by atoms with Gasteiger partial charge in [0.2, 0.25) is 0 Å². The van der Waals surface area contributed by atoms with Gasteiger partial charge in [-0.05, 0) is 43.4 Å². The topological polar surface area (TPSA) is 29.3 Å². The Balaban J connectivity index is 2.03. The highest BCUT2D eigenvalue weighted by atomic mass is 15.1. The Bertz CT molecular complexity index is 301. The maximum absolute atomic E-state index is 5.59. The van der Waals surface area contributed by atoms with Gasteiger partial charge in [0, 0.05) is 25.3 Å². The van der Waals surface area contributed by atoms with Crippen LogP contribution in [0.4, 0.5) is 5.69 Å². The Morgan fingerprint density at radius 1 is 1.27 bits per heavy atom. The molecule has 1 aliphatic rings. The van der Waals surface area contributed by atoms with Crippen LogP contribution in [0.2, 0.25) is 0 Å². The van der Waals surface area contributed by atoms with Crippen LogP contribution in [0.1, 0.15) is 25.3 Å². The van der Waals surface area contributed by atoms with E-state index in [0.29, 0.717) is 6.54 Å². The number of nitrogens with two attached hydrogens (primary N) is 1. The fourth-order valence-electron chi connectivity index (χ4n) is 1.87. The van der Waals surface area contributed by atoms with E-state index in [2.05, 4.69) is 36.1 Å². The van der Waals surface area contributed by atoms with Crippen molar-refractivity contribution in [1.82, 2.24) is 0 Å². The van der Waals surface area contributed by atoms with Crippen LogP contribution in [0.5, 0.6) is 0 Å². The number of benzene rings is 1. The summed E-state index contributed by atoms with van der Waals surface area (Å²) in [7, 11) is 0. The fraction of sp³-hybridized carbons (Fsp3) is 0.538. The lowest BCUT2D eigenvalue weighted by Crippen LogP contribution is -2.25. The molecule has 0 amide bonds. The van der Waals surface area contributed by atoms with E-state index in [-0.39, 0.29) is 0 Å². The summed E-state index contributed by atoms with van der Waals surface area (Å²) in [6.45, 7) is 5.17. The van der Waals surface area contributed by atoms with Crippen molar-refractivity contribution in [2.24, 2.45) is 11.7 Å². The van der Waals surface area contributed by atoms with Crippen molar-refractivity contribution in [2.45, 2.75) is 26.3 Å². The molecule has 0 radical (unpaired) electrons. The summed E-state index contributed by atoms with van der Waals surface area (Å²) in [5, 5.41) is 0. The predicted molar refractivity (Wildman–Crippen MR) is 64.9 cm³/mol. The Morgan fingerprint density at radius 2 is 1.93 bits per heavy atom. The van der Waals surface area contributed by atoms with Gasteiger partial charge in [0.15, 0.2) is 0 Å². The minimum absolute atomic E-state index is 0.634. The standard InChI is InChI=1S/C13H20N2/c1-2-15(10-12-3-4-12)13-7-5-11(9-14)6-8-13/h5-8,12H,2-4,9-10,14H2,1H3. The number of hydrogen-bond donors (Lipinski definition) is 1. The van der Waals surface area contributed by atoms with E-state index >= 15 is 0 Å². The third-order valence-electron chi connectivity index (χ3n) is 3.09. The molecule has 0 aromatic heterocycles. The molecule has 2 N–H and O–H groups in total. The summed E-state index contributed by atoms with van der Waals surface area (Å²) >= 11 is 0. The van der Waals surface area contributed by atoms with Gasteiger partial charge in [0.25, 0.3) is 0 Å². The van der Waals surface area contributed by atoms with Gasteiger partial charge in [-0.2, -0.15) is 0 Å². The molecule has 0 aliphatic heterocycles. The van der Waals surface area contributed by atoms with Crippen LogP contribution >= 0.6 is 0 Å².